The summed E-state index contributed by atoms with van der Waals surface area (Å²) in [6.45, 7) is -0.700. The highest BCUT2D eigenvalue weighted by atomic mass is 19.3. The maximum Gasteiger partial charge on any atom is 0.323 e. The molecule has 0 fully saturated rings. The number of hydrogen-bond acceptors (Lipinski definition) is 5. The Labute approximate surface area is 188 Å². The van der Waals surface area contributed by atoms with Gasteiger partial charge in [-0.3, -0.25) is 4.98 Å². The quantitative estimate of drug-likeness (QED) is 0.359. The molecule has 1 aliphatic heterocycles. The third-order valence-electron chi connectivity index (χ3n) is 5.46. The van der Waals surface area contributed by atoms with Gasteiger partial charge in [0.05, 0.1) is 12.1 Å². The van der Waals surface area contributed by atoms with E-state index in [0.717, 1.165) is 47.3 Å². The number of hydrogen-bond donors (Lipinski definition) is 1. The average molecular weight is 469 g/mol. The minimum Gasteiger partial charge on any atom is -0.377 e. The first-order valence-electron chi connectivity index (χ1n) is 9.79. The molecule has 0 amide bonds. The molecule has 2 aromatic heterocycles. The molecule has 0 saturated carbocycles. The number of rotatable bonds is 2. The van der Waals surface area contributed by atoms with E-state index < -0.39 is 41.2 Å². The van der Waals surface area contributed by atoms with Gasteiger partial charge in [0, 0.05) is 29.0 Å². The minimum absolute atomic E-state index is 0.0431. The predicted molar refractivity (Wildman–Crippen MR) is 108 cm³/mol. The first-order valence-corrected chi connectivity index (χ1v) is 9.79. The second kappa shape index (κ2) is 7.71. The third kappa shape index (κ3) is 3.39. The van der Waals surface area contributed by atoms with Crippen LogP contribution in [0.4, 0.5) is 22.0 Å². The van der Waals surface area contributed by atoms with Crippen molar-refractivity contribution in [2.45, 2.75) is 18.1 Å². The Hall–Kier alpha value is -4.17. The second-order valence-electron chi connectivity index (χ2n) is 7.59. The standard InChI is InChI=1S/C23H12F5N5O/c24-15-6-7-18-17(9-15)21-30-31-32-33(21)12-22(18,34)23(27,28)20-8-2-13(11-29-20)1-3-14-4-5-16(25)10-19(14)26/h2,4-11,34H,12H2/t22-/m0/s1. The van der Waals surface area contributed by atoms with Crippen LogP contribution in [0.25, 0.3) is 11.4 Å². The fraction of sp³-hybridized carbons (Fsp3) is 0.130. The molecule has 4 aromatic rings. The minimum atomic E-state index is -3.95. The van der Waals surface area contributed by atoms with Gasteiger partial charge in [0.25, 0.3) is 0 Å². The van der Waals surface area contributed by atoms with Gasteiger partial charge in [-0.15, -0.1) is 5.10 Å². The zero-order valence-electron chi connectivity index (χ0n) is 17.0. The summed E-state index contributed by atoms with van der Waals surface area (Å²) in [5.41, 5.74) is -3.82. The molecule has 3 heterocycles. The van der Waals surface area contributed by atoms with Crippen molar-refractivity contribution < 1.29 is 27.1 Å². The highest BCUT2D eigenvalue weighted by Gasteiger charge is 2.59. The van der Waals surface area contributed by atoms with Crippen molar-refractivity contribution >= 4 is 0 Å². The van der Waals surface area contributed by atoms with Crippen molar-refractivity contribution in [1.29, 1.82) is 0 Å². The summed E-state index contributed by atoms with van der Waals surface area (Å²) in [6.07, 6.45) is 1.04. The van der Waals surface area contributed by atoms with Gasteiger partial charge in [-0.05, 0) is 46.8 Å². The Morgan fingerprint density at radius 1 is 0.971 bits per heavy atom. The number of benzene rings is 2. The van der Waals surface area contributed by atoms with Crippen molar-refractivity contribution in [3.05, 3.63) is 94.6 Å². The lowest BCUT2D eigenvalue weighted by Crippen LogP contribution is -2.49. The lowest BCUT2D eigenvalue weighted by Gasteiger charge is -2.39. The van der Waals surface area contributed by atoms with E-state index >= 15 is 8.78 Å². The molecule has 34 heavy (non-hydrogen) atoms. The summed E-state index contributed by atoms with van der Waals surface area (Å²) in [5.74, 6) is -1.18. The maximum atomic E-state index is 15.7. The normalized spacial score (nSPS) is 16.9. The molecule has 5 rings (SSSR count). The van der Waals surface area contributed by atoms with Crippen molar-refractivity contribution in [3.8, 4) is 23.2 Å². The van der Waals surface area contributed by atoms with Gasteiger partial charge in [0.1, 0.15) is 23.1 Å². The highest BCUT2D eigenvalue weighted by Crippen LogP contribution is 2.50. The first-order chi connectivity index (χ1) is 16.2. The van der Waals surface area contributed by atoms with Gasteiger partial charge >= 0.3 is 5.92 Å². The Balaban J connectivity index is 1.51. The van der Waals surface area contributed by atoms with Crippen molar-refractivity contribution in [2.75, 3.05) is 0 Å². The topological polar surface area (TPSA) is 76.7 Å². The Kier molecular flexibility index (Phi) is 4.91. The molecule has 1 atom stereocenters. The number of halogens is 5. The van der Waals surface area contributed by atoms with Crippen LogP contribution in [0, 0.1) is 29.3 Å². The number of tetrazole rings is 1. The first kappa shape index (κ1) is 21.7. The summed E-state index contributed by atoms with van der Waals surface area (Å²) in [6, 6.07) is 8.06. The summed E-state index contributed by atoms with van der Waals surface area (Å²) < 4.78 is 72.9. The van der Waals surface area contributed by atoms with Crippen LogP contribution in [0.1, 0.15) is 22.4 Å². The van der Waals surface area contributed by atoms with Crippen LogP contribution in [0.15, 0.2) is 54.7 Å². The van der Waals surface area contributed by atoms with Gasteiger partial charge in [0.2, 0.25) is 0 Å². The smallest absolute Gasteiger partial charge is 0.323 e. The Morgan fingerprint density at radius 3 is 2.47 bits per heavy atom. The van der Waals surface area contributed by atoms with Crippen LogP contribution in [0.2, 0.25) is 0 Å². The number of fused-ring (bicyclic) bond motifs is 3. The van der Waals surface area contributed by atoms with Gasteiger partial charge in [-0.2, -0.15) is 8.78 Å². The van der Waals surface area contributed by atoms with Crippen molar-refractivity contribution in [1.82, 2.24) is 25.2 Å². The fourth-order valence-corrected chi connectivity index (χ4v) is 3.73. The van der Waals surface area contributed by atoms with Crippen LogP contribution in [-0.4, -0.2) is 30.3 Å². The van der Waals surface area contributed by atoms with E-state index in [-0.39, 0.29) is 28.1 Å². The highest BCUT2D eigenvalue weighted by molar-refractivity contribution is 5.64. The Morgan fingerprint density at radius 2 is 1.74 bits per heavy atom. The molecule has 6 nitrogen and oxygen atoms in total. The SMILES string of the molecule is O[C@@]1(C(F)(F)c2ccc(C#Cc3ccc(F)cc3F)cn2)Cn2nnnc2-c2cc(F)ccc21. The fourth-order valence-electron chi connectivity index (χ4n) is 3.73. The number of aromatic nitrogens is 5. The number of aliphatic hydroxyl groups is 1. The number of pyridine rings is 1. The zero-order chi connectivity index (χ0) is 24.1. The Bertz CT molecular complexity index is 1480. The number of alkyl halides is 2. The summed E-state index contributed by atoms with van der Waals surface area (Å²) in [7, 11) is 0. The van der Waals surface area contributed by atoms with Crippen LogP contribution in [0.5, 0.6) is 0 Å². The van der Waals surface area contributed by atoms with E-state index in [4.69, 9.17) is 0 Å². The van der Waals surface area contributed by atoms with E-state index in [1.165, 1.54) is 6.07 Å². The van der Waals surface area contributed by atoms with Crippen LogP contribution in [0.3, 0.4) is 0 Å². The molecule has 2 aromatic carbocycles. The molecule has 0 bridgehead atoms. The lowest BCUT2D eigenvalue weighted by atomic mass is 9.80. The van der Waals surface area contributed by atoms with E-state index in [9.17, 15) is 18.3 Å². The van der Waals surface area contributed by atoms with Gasteiger partial charge < -0.3 is 5.11 Å². The molecule has 170 valence electrons. The predicted octanol–water partition coefficient (Wildman–Crippen LogP) is 3.55. The molecule has 1 aliphatic rings. The van der Waals surface area contributed by atoms with Crippen LogP contribution in [-0.2, 0) is 18.1 Å². The molecule has 0 saturated heterocycles. The molecular formula is C23H12F5N5O. The third-order valence-corrected chi connectivity index (χ3v) is 5.46. The molecule has 0 radical (unpaired) electrons. The molecule has 0 spiro atoms. The van der Waals surface area contributed by atoms with Crippen LogP contribution >= 0.6 is 0 Å². The van der Waals surface area contributed by atoms with E-state index in [0.29, 0.717) is 6.07 Å². The second-order valence-corrected chi connectivity index (χ2v) is 7.59. The molecule has 11 heteroatoms. The van der Waals surface area contributed by atoms with E-state index in [2.05, 4.69) is 32.4 Å². The van der Waals surface area contributed by atoms with E-state index in [1.54, 1.807) is 0 Å². The number of nitrogens with zero attached hydrogens (tertiary/aromatic N) is 5. The largest absolute Gasteiger partial charge is 0.377 e. The summed E-state index contributed by atoms with van der Waals surface area (Å²) in [5, 5.41) is 22.0. The summed E-state index contributed by atoms with van der Waals surface area (Å²) in [4.78, 5) is 3.75. The lowest BCUT2D eigenvalue weighted by molar-refractivity contribution is -0.207. The monoisotopic (exact) mass is 469 g/mol. The van der Waals surface area contributed by atoms with E-state index in [1.807, 2.05) is 0 Å². The maximum absolute atomic E-state index is 15.7. The average Bonchev–Trinajstić information content (AvgIpc) is 3.27. The van der Waals surface area contributed by atoms with Crippen molar-refractivity contribution in [3.63, 3.8) is 0 Å². The van der Waals surface area contributed by atoms with Gasteiger partial charge in [0.15, 0.2) is 11.4 Å². The molecule has 0 aliphatic carbocycles. The summed E-state index contributed by atoms with van der Waals surface area (Å²) >= 11 is 0. The molecular weight excluding hydrogens is 457 g/mol. The van der Waals surface area contributed by atoms with Crippen LogP contribution < -0.4 is 0 Å². The van der Waals surface area contributed by atoms with Crippen molar-refractivity contribution in [2.24, 2.45) is 0 Å². The molecule has 0 unspecified atom stereocenters. The zero-order valence-corrected chi connectivity index (χ0v) is 17.0. The van der Waals surface area contributed by atoms with Gasteiger partial charge in [-0.1, -0.05) is 17.9 Å². The molecule has 1 N–H and O–H groups in total. The van der Waals surface area contributed by atoms with Gasteiger partial charge in [-0.25, -0.2) is 17.9 Å².